The molecule has 23 heavy (non-hydrogen) atoms. The molecule has 2 aromatic rings. The van der Waals surface area contributed by atoms with E-state index in [0.29, 0.717) is 26.9 Å². The van der Waals surface area contributed by atoms with Gasteiger partial charge in [0.2, 0.25) is 7.28 Å². The number of amides is 1. The number of carbonyl (C=O) groups is 1. The number of nitrogens with zero attached hydrogens (tertiary/aromatic N) is 2. The van der Waals surface area contributed by atoms with Gasteiger partial charge < -0.3 is 0 Å². The van der Waals surface area contributed by atoms with Gasteiger partial charge >= 0.3 is 0 Å². The molecule has 113 valence electrons. The minimum atomic E-state index is -0.246. The second kappa shape index (κ2) is 6.22. The fraction of sp³-hybridized carbons (Fsp3) is 0.0588. The lowest BCUT2D eigenvalue weighted by Gasteiger charge is -2.10. The van der Waals surface area contributed by atoms with Crippen molar-refractivity contribution in [3.63, 3.8) is 0 Å². The van der Waals surface area contributed by atoms with Gasteiger partial charge in [0.25, 0.3) is 5.91 Å². The van der Waals surface area contributed by atoms with Gasteiger partial charge in [0.05, 0.1) is 5.69 Å². The summed E-state index contributed by atoms with van der Waals surface area (Å²) in [5.74, 6) is -0.246. The van der Waals surface area contributed by atoms with Crippen LogP contribution in [0.15, 0.2) is 59.7 Å². The van der Waals surface area contributed by atoms with Crippen LogP contribution in [0.1, 0.15) is 5.56 Å². The van der Waals surface area contributed by atoms with Gasteiger partial charge in [0.1, 0.15) is 0 Å². The third kappa shape index (κ3) is 3.05. The Labute approximate surface area is 145 Å². The predicted molar refractivity (Wildman–Crippen MR) is 97.1 cm³/mol. The van der Waals surface area contributed by atoms with Crippen LogP contribution >= 0.6 is 23.2 Å². The Morgan fingerprint density at radius 2 is 1.83 bits per heavy atom. The molecule has 1 amide bonds. The smallest absolute Gasteiger partial charge is 0.267 e. The fourth-order valence-corrected chi connectivity index (χ4v) is 2.69. The van der Waals surface area contributed by atoms with Crippen molar-refractivity contribution in [2.24, 2.45) is 5.10 Å². The minimum Gasteiger partial charge on any atom is -0.267 e. The van der Waals surface area contributed by atoms with E-state index in [2.05, 4.69) is 11.7 Å². The van der Waals surface area contributed by atoms with Crippen molar-refractivity contribution in [3.05, 3.63) is 70.2 Å². The summed E-state index contributed by atoms with van der Waals surface area (Å²) in [5.41, 5.74) is 3.16. The van der Waals surface area contributed by atoms with Gasteiger partial charge in [-0.2, -0.15) is 10.1 Å². The average molecular weight is 342 g/mol. The van der Waals surface area contributed by atoms with E-state index in [1.807, 2.05) is 43.3 Å². The third-order valence-corrected chi connectivity index (χ3v) is 4.27. The Bertz CT molecular complexity index is 834. The zero-order valence-corrected chi connectivity index (χ0v) is 13.9. The standard InChI is InChI=1S/C17H12BCl2N2O/c1-10-8-13(15(20)9-14(10)19)18-16-11(2)17(23)22(21-16)12-6-4-3-5-7-12/h3-9H,2H2,1H3. The summed E-state index contributed by atoms with van der Waals surface area (Å²) in [5, 5.41) is 6.80. The van der Waals surface area contributed by atoms with E-state index in [9.17, 15) is 4.79 Å². The molecule has 0 aliphatic carbocycles. The number of benzene rings is 2. The molecule has 0 fully saturated rings. The summed E-state index contributed by atoms with van der Waals surface area (Å²) < 4.78 is 0. The number of carbonyl (C=O) groups excluding carboxylic acids is 1. The molecular formula is C17H12BCl2N2O. The van der Waals surface area contributed by atoms with Crippen LogP contribution in [0.4, 0.5) is 5.69 Å². The van der Waals surface area contributed by atoms with Crippen molar-refractivity contribution in [1.82, 2.24) is 0 Å². The van der Waals surface area contributed by atoms with Crippen LogP contribution < -0.4 is 10.5 Å². The van der Waals surface area contributed by atoms with E-state index in [-0.39, 0.29) is 5.91 Å². The second-order valence-electron chi connectivity index (χ2n) is 5.18. The number of para-hydroxylation sites is 1. The molecule has 0 unspecified atom stereocenters. The van der Waals surface area contributed by atoms with E-state index < -0.39 is 0 Å². The number of aryl methyl sites for hydroxylation is 1. The lowest BCUT2D eigenvalue weighted by Crippen LogP contribution is -2.26. The third-order valence-electron chi connectivity index (χ3n) is 3.54. The largest absolute Gasteiger partial charge is 0.279 e. The Kier molecular flexibility index (Phi) is 4.29. The molecule has 3 nitrogen and oxygen atoms in total. The highest BCUT2D eigenvalue weighted by Crippen LogP contribution is 2.23. The highest BCUT2D eigenvalue weighted by molar-refractivity contribution is 6.91. The maximum Gasteiger partial charge on any atom is 0.279 e. The molecule has 0 atom stereocenters. The Balaban J connectivity index is 1.93. The van der Waals surface area contributed by atoms with Crippen molar-refractivity contribution >= 4 is 53.1 Å². The fourth-order valence-electron chi connectivity index (χ4n) is 2.25. The molecule has 0 saturated carbocycles. The van der Waals surface area contributed by atoms with E-state index in [0.717, 1.165) is 11.0 Å². The summed E-state index contributed by atoms with van der Waals surface area (Å²) in [7, 11) is 1.74. The van der Waals surface area contributed by atoms with Crippen molar-refractivity contribution in [2.45, 2.75) is 6.92 Å². The first-order valence-corrected chi connectivity index (χ1v) is 7.71. The van der Waals surface area contributed by atoms with E-state index >= 15 is 0 Å². The van der Waals surface area contributed by atoms with E-state index in [1.54, 1.807) is 13.3 Å². The number of halogens is 2. The highest BCUT2D eigenvalue weighted by Gasteiger charge is 2.30. The van der Waals surface area contributed by atoms with Gasteiger partial charge in [-0.1, -0.05) is 59.5 Å². The highest BCUT2D eigenvalue weighted by atomic mass is 35.5. The molecule has 0 saturated heterocycles. The first-order chi connectivity index (χ1) is 11.0. The van der Waals surface area contributed by atoms with Crippen molar-refractivity contribution in [1.29, 1.82) is 0 Å². The maximum atomic E-state index is 12.4. The molecule has 0 bridgehead atoms. The van der Waals surface area contributed by atoms with Crippen molar-refractivity contribution in [2.75, 3.05) is 5.01 Å². The predicted octanol–water partition coefficient (Wildman–Crippen LogP) is 3.55. The Morgan fingerprint density at radius 3 is 2.52 bits per heavy atom. The summed E-state index contributed by atoms with van der Waals surface area (Å²) in [6.45, 7) is 5.73. The number of hydrogen-bond donors (Lipinski definition) is 0. The van der Waals surface area contributed by atoms with Crippen LogP contribution in [0.2, 0.25) is 10.0 Å². The van der Waals surface area contributed by atoms with Crippen molar-refractivity contribution in [3.8, 4) is 0 Å². The van der Waals surface area contributed by atoms with Crippen LogP contribution in [0.5, 0.6) is 0 Å². The summed E-state index contributed by atoms with van der Waals surface area (Å²) in [6.07, 6.45) is 0. The maximum absolute atomic E-state index is 12.4. The van der Waals surface area contributed by atoms with E-state index in [1.165, 1.54) is 5.01 Å². The SMILES string of the molecule is C=C1C(=O)N(c2ccccc2)N=C1[B]c1cc(C)c(Cl)cc1Cl. The van der Waals surface area contributed by atoms with Gasteiger partial charge in [-0.15, -0.1) is 0 Å². The summed E-state index contributed by atoms with van der Waals surface area (Å²) >= 11 is 12.3. The van der Waals surface area contributed by atoms with Gasteiger partial charge in [0.15, 0.2) is 0 Å². The lowest BCUT2D eigenvalue weighted by molar-refractivity contribution is -0.114. The van der Waals surface area contributed by atoms with Crippen LogP contribution in [-0.4, -0.2) is 18.8 Å². The lowest BCUT2D eigenvalue weighted by atomic mass is 9.63. The Hall–Kier alpha value is -2.04. The second-order valence-corrected chi connectivity index (χ2v) is 6.00. The first kappa shape index (κ1) is 15.8. The molecular weight excluding hydrogens is 330 g/mol. The van der Waals surface area contributed by atoms with Crippen molar-refractivity contribution < 1.29 is 4.79 Å². The normalized spacial score (nSPS) is 14.2. The molecule has 6 heteroatoms. The number of hydrogen-bond acceptors (Lipinski definition) is 2. The minimum absolute atomic E-state index is 0.246. The monoisotopic (exact) mass is 341 g/mol. The molecule has 0 N–H and O–H groups in total. The number of hydrazone groups is 1. The Morgan fingerprint density at radius 1 is 1.13 bits per heavy atom. The van der Waals surface area contributed by atoms with Gasteiger partial charge in [-0.25, -0.2) is 0 Å². The molecule has 0 aromatic heterocycles. The zero-order valence-electron chi connectivity index (χ0n) is 12.4. The van der Waals surface area contributed by atoms with Gasteiger partial charge in [0, 0.05) is 21.2 Å². The van der Waals surface area contributed by atoms with Crippen LogP contribution in [0, 0.1) is 6.92 Å². The van der Waals surface area contributed by atoms with E-state index in [4.69, 9.17) is 23.2 Å². The molecule has 1 radical (unpaired) electrons. The number of anilines is 1. The zero-order chi connectivity index (χ0) is 16.6. The van der Waals surface area contributed by atoms with Crippen LogP contribution in [0.25, 0.3) is 0 Å². The summed E-state index contributed by atoms with van der Waals surface area (Å²) in [6, 6.07) is 12.7. The molecule has 0 spiro atoms. The molecule has 1 heterocycles. The first-order valence-electron chi connectivity index (χ1n) is 6.95. The molecule has 1 aliphatic rings. The molecule has 2 aromatic carbocycles. The molecule has 1 aliphatic heterocycles. The number of rotatable bonds is 3. The summed E-state index contributed by atoms with van der Waals surface area (Å²) in [4.78, 5) is 12.4. The van der Waals surface area contributed by atoms with Crippen LogP contribution in [0.3, 0.4) is 0 Å². The van der Waals surface area contributed by atoms with Gasteiger partial charge in [-0.05, 0) is 30.7 Å². The molecule has 3 rings (SSSR count). The topological polar surface area (TPSA) is 32.7 Å². The van der Waals surface area contributed by atoms with Crippen LogP contribution in [-0.2, 0) is 4.79 Å². The average Bonchev–Trinajstić information content (AvgIpc) is 2.82. The van der Waals surface area contributed by atoms with Gasteiger partial charge in [-0.3, -0.25) is 4.79 Å². The quantitative estimate of drug-likeness (QED) is 0.620.